The van der Waals surface area contributed by atoms with Gasteiger partial charge < -0.3 is 30.0 Å². The Morgan fingerprint density at radius 2 is 1.83 bits per heavy atom. The number of nitrogens with zero attached hydrogens (tertiary/aromatic N) is 1. The van der Waals surface area contributed by atoms with Crippen molar-refractivity contribution in [2.24, 2.45) is 4.99 Å². The summed E-state index contributed by atoms with van der Waals surface area (Å²) >= 11 is 0. The molecule has 2 aromatic carbocycles. The van der Waals surface area contributed by atoms with E-state index in [1.54, 1.807) is 7.11 Å². The van der Waals surface area contributed by atoms with Crippen molar-refractivity contribution in [2.75, 3.05) is 38.7 Å². The lowest BCUT2D eigenvalue weighted by Gasteiger charge is -2.15. The van der Waals surface area contributed by atoms with Crippen LogP contribution in [0.4, 0.5) is 10.1 Å². The third kappa shape index (κ3) is 8.62. The van der Waals surface area contributed by atoms with E-state index >= 15 is 0 Å². The van der Waals surface area contributed by atoms with E-state index in [4.69, 9.17) is 14.2 Å². The fraction of sp³-hybridized carbons (Fsp3) is 0.381. The number of nitrogens with one attached hydrogen (secondary N) is 2. The molecule has 9 heteroatoms. The highest BCUT2D eigenvalue weighted by molar-refractivity contribution is 14.0. The van der Waals surface area contributed by atoms with Crippen molar-refractivity contribution >= 4 is 35.6 Å². The number of hydrogen-bond donors (Lipinski definition) is 3. The van der Waals surface area contributed by atoms with Crippen molar-refractivity contribution in [3.05, 3.63) is 48.3 Å². The topological polar surface area (TPSA) is 84.3 Å². The van der Waals surface area contributed by atoms with E-state index in [0.717, 1.165) is 5.69 Å². The molecule has 0 aliphatic rings. The van der Waals surface area contributed by atoms with Crippen LogP contribution in [0.1, 0.15) is 13.8 Å². The predicted molar refractivity (Wildman–Crippen MR) is 127 cm³/mol. The van der Waals surface area contributed by atoms with Crippen LogP contribution in [0, 0.1) is 5.82 Å². The Balaban J connectivity index is 0.00000450. The molecule has 0 radical (unpaired) electrons. The molecular formula is C21H29FIN3O4. The number of benzene rings is 2. The SMILES string of the molecule is CCNC(=NCC(O)COc1ccc(F)cc1)Nc1ccc(OCC)c(OC)c1.I. The van der Waals surface area contributed by atoms with E-state index in [0.29, 0.717) is 36.4 Å². The summed E-state index contributed by atoms with van der Waals surface area (Å²) in [5.41, 5.74) is 0.766. The molecule has 2 aromatic rings. The Kier molecular flexibility index (Phi) is 11.9. The van der Waals surface area contributed by atoms with Crippen LogP contribution in [0.3, 0.4) is 0 Å². The number of aliphatic hydroxyl groups is 1. The molecule has 2 rings (SSSR count). The third-order valence-corrected chi connectivity index (χ3v) is 3.79. The summed E-state index contributed by atoms with van der Waals surface area (Å²) in [7, 11) is 1.58. The van der Waals surface area contributed by atoms with Crippen molar-refractivity contribution in [1.29, 1.82) is 0 Å². The molecule has 0 aliphatic heterocycles. The first-order valence-corrected chi connectivity index (χ1v) is 9.48. The second-order valence-electron chi connectivity index (χ2n) is 6.06. The first-order valence-electron chi connectivity index (χ1n) is 9.48. The highest BCUT2D eigenvalue weighted by Gasteiger charge is 2.09. The molecule has 0 aliphatic carbocycles. The van der Waals surface area contributed by atoms with Crippen LogP contribution in [0.2, 0.25) is 0 Å². The molecule has 166 valence electrons. The molecule has 0 saturated carbocycles. The number of rotatable bonds is 10. The number of guanidine groups is 1. The maximum absolute atomic E-state index is 12.9. The summed E-state index contributed by atoms with van der Waals surface area (Å²) in [6.45, 7) is 5.24. The smallest absolute Gasteiger partial charge is 0.195 e. The van der Waals surface area contributed by atoms with Crippen molar-refractivity contribution in [2.45, 2.75) is 20.0 Å². The number of aliphatic hydroxyl groups excluding tert-OH is 1. The highest BCUT2D eigenvalue weighted by atomic mass is 127. The number of anilines is 1. The molecular weight excluding hydrogens is 504 g/mol. The van der Waals surface area contributed by atoms with E-state index in [9.17, 15) is 9.50 Å². The summed E-state index contributed by atoms with van der Waals surface area (Å²) < 4.78 is 29.2. The second kappa shape index (κ2) is 13.9. The molecule has 0 amide bonds. The van der Waals surface area contributed by atoms with Gasteiger partial charge in [0.2, 0.25) is 0 Å². The van der Waals surface area contributed by atoms with Crippen molar-refractivity contribution < 1.29 is 23.7 Å². The zero-order chi connectivity index (χ0) is 21.1. The number of methoxy groups -OCH3 is 1. The van der Waals surface area contributed by atoms with Gasteiger partial charge in [0.25, 0.3) is 0 Å². The van der Waals surface area contributed by atoms with Gasteiger partial charge in [-0.25, -0.2) is 4.39 Å². The molecule has 3 N–H and O–H groups in total. The molecule has 0 aromatic heterocycles. The average Bonchev–Trinajstić information content (AvgIpc) is 2.73. The van der Waals surface area contributed by atoms with Crippen molar-refractivity contribution in [3.63, 3.8) is 0 Å². The predicted octanol–water partition coefficient (Wildman–Crippen LogP) is 3.67. The van der Waals surface area contributed by atoms with E-state index in [2.05, 4.69) is 15.6 Å². The molecule has 7 nitrogen and oxygen atoms in total. The lowest BCUT2D eigenvalue weighted by atomic mass is 10.2. The first-order chi connectivity index (χ1) is 14.0. The van der Waals surface area contributed by atoms with E-state index in [1.165, 1.54) is 24.3 Å². The maximum Gasteiger partial charge on any atom is 0.195 e. The lowest BCUT2D eigenvalue weighted by Crippen LogP contribution is -2.32. The number of aliphatic imine (C=N–C) groups is 1. The number of hydrogen-bond acceptors (Lipinski definition) is 5. The van der Waals surface area contributed by atoms with Crippen LogP contribution >= 0.6 is 24.0 Å². The summed E-state index contributed by atoms with van der Waals surface area (Å²) in [5, 5.41) is 16.4. The zero-order valence-electron chi connectivity index (χ0n) is 17.4. The molecule has 1 unspecified atom stereocenters. The zero-order valence-corrected chi connectivity index (χ0v) is 19.7. The largest absolute Gasteiger partial charge is 0.493 e. The first kappa shape index (κ1) is 25.8. The fourth-order valence-electron chi connectivity index (χ4n) is 2.44. The Morgan fingerprint density at radius 1 is 1.10 bits per heavy atom. The monoisotopic (exact) mass is 533 g/mol. The minimum Gasteiger partial charge on any atom is -0.493 e. The van der Waals surface area contributed by atoms with Gasteiger partial charge in [0, 0.05) is 18.3 Å². The molecule has 1 atom stereocenters. The van der Waals surface area contributed by atoms with Crippen LogP contribution < -0.4 is 24.8 Å². The van der Waals surface area contributed by atoms with Crippen LogP contribution in [-0.2, 0) is 0 Å². The van der Waals surface area contributed by atoms with E-state index < -0.39 is 6.10 Å². The average molecular weight is 533 g/mol. The van der Waals surface area contributed by atoms with Crippen molar-refractivity contribution in [3.8, 4) is 17.2 Å². The molecule has 0 spiro atoms. The summed E-state index contributed by atoms with van der Waals surface area (Å²) in [5.74, 6) is 1.94. The minimum absolute atomic E-state index is 0. The highest BCUT2D eigenvalue weighted by Crippen LogP contribution is 2.30. The fourth-order valence-corrected chi connectivity index (χ4v) is 2.44. The molecule has 0 heterocycles. The lowest BCUT2D eigenvalue weighted by molar-refractivity contribution is 0.114. The van der Waals surface area contributed by atoms with E-state index in [1.807, 2.05) is 32.0 Å². The van der Waals surface area contributed by atoms with Crippen molar-refractivity contribution in [1.82, 2.24) is 5.32 Å². The van der Waals surface area contributed by atoms with Gasteiger partial charge in [0.05, 0.1) is 20.3 Å². The summed E-state index contributed by atoms with van der Waals surface area (Å²) in [6.07, 6.45) is -0.814. The second-order valence-corrected chi connectivity index (χ2v) is 6.06. The molecule has 0 fully saturated rings. The van der Waals surface area contributed by atoms with Gasteiger partial charge >= 0.3 is 0 Å². The van der Waals surface area contributed by atoms with Crippen LogP contribution in [0.15, 0.2) is 47.5 Å². The maximum atomic E-state index is 12.9. The number of halogens is 2. The van der Waals surface area contributed by atoms with Gasteiger partial charge in [-0.1, -0.05) is 0 Å². The Hall–Kier alpha value is -2.27. The van der Waals surface area contributed by atoms with Crippen LogP contribution in [0.25, 0.3) is 0 Å². The standard InChI is InChI=1S/C21H28FN3O4.HI/c1-4-23-21(25-16-8-11-19(28-5-2)20(12-16)27-3)24-13-17(26)14-29-18-9-6-15(22)7-10-18;/h6-12,17,26H,4-5,13-14H2,1-3H3,(H2,23,24,25);1H. The molecule has 30 heavy (non-hydrogen) atoms. The van der Waals surface area contributed by atoms with E-state index in [-0.39, 0.29) is 42.9 Å². The summed E-state index contributed by atoms with van der Waals surface area (Å²) in [4.78, 5) is 4.38. The van der Waals surface area contributed by atoms with Gasteiger partial charge in [0.1, 0.15) is 24.3 Å². The quantitative estimate of drug-likeness (QED) is 0.246. The summed E-state index contributed by atoms with van der Waals surface area (Å²) in [6, 6.07) is 11.1. The molecule has 0 saturated heterocycles. The Morgan fingerprint density at radius 3 is 2.47 bits per heavy atom. The minimum atomic E-state index is -0.814. The Bertz CT molecular complexity index is 790. The van der Waals surface area contributed by atoms with Gasteiger partial charge in [0.15, 0.2) is 17.5 Å². The van der Waals surface area contributed by atoms with Gasteiger partial charge in [-0.15, -0.1) is 24.0 Å². The normalized spacial score (nSPS) is 11.8. The van der Waals surface area contributed by atoms with Gasteiger partial charge in [-0.3, -0.25) is 4.99 Å². The van der Waals surface area contributed by atoms with Crippen LogP contribution in [-0.4, -0.2) is 50.6 Å². The third-order valence-electron chi connectivity index (χ3n) is 3.79. The van der Waals surface area contributed by atoms with Gasteiger partial charge in [-0.05, 0) is 50.2 Å². The number of ether oxygens (including phenoxy) is 3. The molecule has 0 bridgehead atoms. The van der Waals surface area contributed by atoms with Crippen LogP contribution in [0.5, 0.6) is 17.2 Å². The van der Waals surface area contributed by atoms with Gasteiger partial charge in [-0.2, -0.15) is 0 Å². The Labute approximate surface area is 193 Å².